The second-order valence-electron chi connectivity index (χ2n) is 5.28. The molecule has 1 aliphatic carbocycles. The first kappa shape index (κ1) is 15.3. The summed E-state index contributed by atoms with van der Waals surface area (Å²) >= 11 is 5.82. The number of carboxylic acids is 1. The number of benzene rings is 1. The van der Waals surface area contributed by atoms with Gasteiger partial charge in [0.1, 0.15) is 0 Å². The minimum atomic E-state index is -3.75. The van der Waals surface area contributed by atoms with Crippen LogP contribution in [0, 0.1) is 12.8 Å². The molecule has 0 atom stereocenters. The molecular formula is C13H16ClNO4S. The first-order valence-electron chi connectivity index (χ1n) is 6.26. The predicted octanol–water partition coefficient (Wildman–Crippen LogP) is 2.42. The molecule has 7 heteroatoms. The molecule has 1 aliphatic rings. The molecule has 0 radical (unpaired) electrons. The summed E-state index contributed by atoms with van der Waals surface area (Å²) in [7, 11) is -3.75. The number of hydrogen-bond donors (Lipinski definition) is 2. The zero-order chi connectivity index (χ0) is 15.1. The van der Waals surface area contributed by atoms with E-state index >= 15 is 0 Å². The van der Waals surface area contributed by atoms with Gasteiger partial charge in [0.15, 0.2) is 0 Å². The van der Waals surface area contributed by atoms with Crippen molar-refractivity contribution >= 4 is 27.6 Å². The summed E-state index contributed by atoms with van der Waals surface area (Å²) in [6, 6.07) is 2.46. The van der Waals surface area contributed by atoms with E-state index in [2.05, 4.69) is 11.6 Å². The molecule has 1 aromatic rings. The van der Waals surface area contributed by atoms with Crippen LogP contribution >= 0.6 is 11.6 Å². The Kier molecular flexibility index (Phi) is 4.09. The van der Waals surface area contributed by atoms with Gasteiger partial charge in [-0.3, -0.25) is 0 Å². The SMILES string of the molecule is Cc1c(C(=O)O)cc(Cl)cc1S(=O)(=O)NC1CC(C)C1. The first-order valence-corrected chi connectivity index (χ1v) is 8.12. The monoisotopic (exact) mass is 317 g/mol. The van der Waals surface area contributed by atoms with Gasteiger partial charge in [0, 0.05) is 11.1 Å². The predicted molar refractivity (Wildman–Crippen MR) is 75.7 cm³/mol. The van der Waals surface area contributed by atoms with Gasteiger partial charge >= 0.3 is 5.97 Å². The molecule has 5 nitrogen and oxygen atoms in total. The van der Waals surface area contributed by atoms with Gasteiger partial charge in [0.05, 0.1) is 10.5 Å². The second-order valence-corrected chi connectivity index (χ2v) is 7.40. The van der Waals surface area contributed by atoms with Crippen LogP contribution in [0.5, 0.6) is 0 Å². The van der Waals surface area contributed by atoms with E-state index in [1.807, 2.05) is 0 Å². The van der Waals surface area contributed by atoms with E-state index in [4.69, 9.17) is 16.7 Å². The molecule has 0 spiro atoms. The van der Waals surface area contributed by atoms with Crippen molar-refractivity contribution in [2.45, 2.75) is 37.6 Å². The maximum atomic E-state index is 12.3. The van der Waals surface area contributed by atoms with E-state index in [-0.39, 0.29) is 27.1 Å². The topological polar surface area (TPSA) is 83.5 Å². The fourth-order valence-electron chi connectivity index (χ4n) is 2.44. The van der Waals surface area contributed by atoms with Crippen LogP contribution in [0.1, 0.15) is 35.7 Å². The van der Waals surface area contributed by atoms with E-state index < -0.39 is 16.0 Å². The van der Waals surface area contributed by atoms with Crippen molar-refractivity contribution in [3.8, 4) is 0 Å². The molecular weight excluding hydrogens is 302 g/mol. The first-order chi connectivity index (χ1) is 9.20. The highest BCUT2D eigenvalue weighted by atomic mass is 35.5. The Labute approximate surface area is 123 Å². The molecule has 110 valence electrons. The fraction of sp³-hybridized carbons (Fsp3) is 0.462. The molecule has 1 fully saturated rings. The lowest BCUT2D eigenvalue weighted by molar-refractivity contribution is 0.0696. The minimum absolute atomic E-state index is 0.0676. The maximum absolute atomic E-state index is 12.3. The van der Waals surface area contributed by atoms with Gasteiger partial charge < -0.3 is 5.11 Å². The van der Waals surface area contributed by atoms with Gasteiger partial charge in [-0.2, -0.15) is 0 Å². The van der Waals surface area contributed by atoms with Crippen molar-refractivity contribution in [3.05, 3.63) is 28.3 Å². The van der Waals surface area contributed by atoms with Crippen molar-refractivity contribution in [2.24, 2.45) is 5.92 Å². The Morgan fingerprint density at radius 3 is 2.50 bits per heavy atom. The molecule has 2 N–H and O–H groups in total. The van der Waals surface area contributed by atoms with Crippen LogP contribution in [0.2, 0.25) is 5.02 Å². The van der Waals surface area contributed by atoms with E-state index in [1.165, 1.54) is 19.1 Å². The van der Waals surface area contributed by atoms with Crippen LogP contribution < -0.4 is 4.72 Å². The fourth-order valence-corrected chi connectivity index (χ4v) is 4.27. The van der Waals surface area contributed by atoms with E-state index in [0.29, 0.717) is 5.92 Å². The molecule has 0 bridgehead atoms. The average Bonchev–Trinajstić information content (AvgIpc) is 2.29. The van der Waals surface area contributed by atoms with E-state index in [0.717, 1.165) is 12.8 Å². The van der Waals surface area contributed by atoms with Gasteiger partial charge in [-0.1, -0.05) is 18.5 Å². The molecule has 20 heavy (non-hydrogen) atoms. The third kappa shape index (κ3) is 2.97. The number of halogens is 1. The number of carboxylic acid groups (broad SMARTS) is 1. The van der Waals surface area contributed by atoms with Gasteiger partial charge in [0.25, 0.3) is 0 Å². The Morgan fingerprint density at radius 2 is 2.00 bits per heavy atom. The van der Waals surface area contributed by atoms with Crippen molar-refractivity contribution in [3.63, 3.8) is 0 Å². The van der Waals surface area contributed by atoms with Crippen molar-refractivity contribution in [1.29, 1.82) is 0 Å². The lowest BCUT2D eigenvalue weighted by atomic mass is 9.83. The number of nitrogens with one attached hydrogen (secondary N) is 1. The van der Waals surface area contributed by atoms with Crippen LogP contribution in [-0.4, -0.2) is 25.5 Å². The van der Waals surface area contributed by atoms with Crippen LogP contribution in [0.4, 0.5) is 0 Å². The third-order valence-electron chi connectivity index (χ3n) is 3.54. The largest absolute Gasteiger partial charge is 0.478 e. The lowest BCUT2D eigenvalue weighted by Crippen LogP contribution is -2.43. The third-order valence-corrected chi connectivity index (χ3v) is 5.41. The van der Waals surface area contributed by atoms with Crippen LogP contribution in [0.3, 0.4) is 0 Å². The summed E-state index contributed by atoms with van der Waals surface area (Å²) < 4.78 is 27.2. The molecule has 0 amide bonds. The lowest BCUT2D eigenvalue weighted by Gasteiger charge is -2.33. The Balaban J connectivity index is 2.38. The Morgan fingerprint density at radius 1 is 1.40 bits per heavy atom. The highest BCUT2D eigenvalue weighted by Gasteiger charge is 2.31. The maximum Gasteiger partial charge on any atom is 0.336 e. The van der Waals surface area contributed by atoms with Crippen LogP contribution in [0.25, 0.3) is 0 Å². The number of carbonyl (C=O) groups is 1. The van der Waals surface area contributed by atoms with Gasteiger partial charge in [-0.15, -0.1) is 0 Å². The summed E-state index contributed by atoms with van der Waals surface area (Å²) in [4.78, 5) is 11.0. The average molecular weight is 318 g/mol. The summed E-state index contributed by atoms with van der Waals surface area (Å²) in [5.41, 5.74) is 0.0987. The van der Waals surface area contributed by atoms with Gasteiger partial charge in [0.2, 0.25) is 10.0 Å². The highest BCUT2D eigenvalue weighted by Crippen LogP contribution is 2.30. The van der Waals surface area contributed by atoms with Crippen molar-refractivity contribution in [1.82, 2.24) is 4.72 Å². The van der Waals surface area contributed by atoms with Gasteiger partial charge in [-0.05, 0) is 43.4 Å². The highest BCUT2D eigenvalue weighted by molar-refractivity contribution is 7.89. The smallest absolute Gasteiger partial charge is 0.336 e. The van der Waals surface area contributed by atoms with Crippen LogP contribution in [0.15, 0.2) is 17.0 Å². The number of hydrogen-bond acceptors (Lipinski definition) is 3. The second kappa shape index (κ2) is 5.35. The summed E-state index contributed by atoms with van der Waals surface area (Å²) in [5.74, 6) is -0.684. The molecule has 2 rings (SSSR count). The molecule has 1 aromatic carbocycles. The van der Waals surface area contributed by atoms with Crippen LogP contribution in [-0.2, 0) is 10.0 Å². The zero-order valence-electron chi connectivity index (χ0n) is 11.2. The molecule has 0 heterocycles. The molecule has 0 unspecified atom stereocenters. The Bertz CT molecular complexity index is 651. The molecule has 0 aromatic heterocycles. The summed E-state index contributed by atoms with van der Waals surface area (Å²) in [6.45, 7) is 3.52. The number of aromatic carboxylic acids is 1. The standard InChI is InChI=1S/C13H16ClNO4S/c1-7-3-10(4-7)15-20(18,19)12-6-9(14)5-11(8(12)2)13(16)17/h5-7,10,15H,3-4H2,1-2H3,(H,16,17). The minimum Gasteiger partial charge on any atom is -0.478 e. The molecule has 0 aliphatic heterocycles. The van der Waals surface area contributed by atoms with Crippen molar-refractivity contribution < 1.29 is 18.3 Å². The van der Waals surface area contributed by atoms with E-state index in [1.54, 1.807) is 0 Å². The zero-order valence-corrected chi connectivity index (χ0v) is 12.8. The van der Waals surface area contributed by atoms with E-state index in [9.17, 15) is 13.2 Å². The quantitative estimate of drug-likeness (QED) is 0.893. The number of sulfonamides is 1. The summed E-state index contributed by atoms with van der Waals surface area (Å²) in [6.07, 6.45) is 1.59. The normalized spacial score (nSPS) is 22.4. The summed E-state index contributed by atoms with van der Waals surface area (Å²) in [5, 5.41) is 9.17. The van der Waals surface area contributed by atoms with Crippen molar-refractivity contribution in [2.75, 3.05) is 0 Å². The Hall–Kier alpha value is -1.11. The molecule has 1 saturated carbocycles. The van der Waals surface area contributed by atoms with Gasteiger partial charge in [-0.25, -0.2) is 17.9 Å². The molecule has 0 saturated heterocycles. The number of rotatable bonds is 4.